The number of hydrogen-bond donors (Lipinski definition) is 2. The maximum Gasteiger partial charge on any atom is 0.103 e. The van der Waals surface area contributed by atoms with Gasteiger partial charge >= 0.3 is 0 Å². The second kappa shape index (κ2) is 5.46. The monoisotopic (exact) mass is 223 g/mol. The molecule has 1 aromatic heterocycles. The van der Waals surface area contributed by atoms with E-state index in [-0.39, 0.29) is 0 Å². The van der Waals surface area contributed by atoms with E-state index in [1.807, 2.05) is 13.1 Å². The van der Waals surface area contributed by atoms with Gasteiger partial charge in [0, 0.05) is 37.7 Å². The summed E-state index contributed by atoms with van der Waals surface area (Å²) in [6.07, 6.45) is 4.26. The Morgan fingerprint density at radius 2 is 2.31 bits per heavy atom. The molecule has 1 unspecified atom stereocenters. The molecule has 1 aliphatic heterocycles. The summed E-state index contributed by atoms with van der Waals surface area (Å²) in [5.41, 5.74) is 1.16. The average Bonchev–Trinajstić information content (AvgIpc) is 2.73. The van der Waals surface area contributed by atoms with Crippen LogP contribution < -0.4 is 5.32 Å². The van der Waals surface area contributed by atoms with Gasteiger partial charge in [0.1, 0.15) is 5.82 Å². The summed E-state index contributed by atoms with van der Waals surface area (Å²) in [5, 5.41) is 3.56. The quantitative estimate of drug-likeness (QED) is 0.815. The zero-order chi connectivity index (χ0) is 11.4. The van der Waals surface area contributed by atoms with Crippen LogP contribution in [-0.2, 0) is 11.3 Å². The van der Waals surface area contributed by atoms with E-state index in [1.165, 1.54) is 12.8 Å². The van der Waals surface area contributed by atoms with Crippen LogP contribution in [0, 0.1) is 12.8 Å². The summed E-state index contributed by atoms with van der Waals surface area (Å²) in [7, 11) is 0. The molecule has 16 heavy (non-hydrogen) atoms. The predicted molar refractivity (Wildman–Crippen MR) is 63.2 cm³/mol. The Balaban J connectivity index is 1.76. The molecule has 2 heterocycles. The molecule has 90 valence electrons. The molecule has 1 aliphatic rings. The number of imidazole rings is 1. The molecule has 2 N–H and O–H groups in total. The fraction of sp³-hybridized carbons (Fsp3) is 0.750. The minimum absolute atomic E-state index is 0.549. The van der Waals surface area contributed by atoms with Crippen molar-refractivity contribution in [2.45, 2.75) is 39.3 Å². The molecule has 0 spiro atoms. The average molecular weight is 223 g/mol. The standard InChI is InChI=1S/C12H21N3O/c1-9(11-3-5-16-6-4-11)13-7-12-8-14-10(2)15-12/h8-9,11,13H,3-7H2,1-2H3,(H,14,15). The first kappa shape index (κ1) is 11.6. The highest BCUT2D eigenvalue weighted by atomic mass is 16.5. The van der Waals surface area contributed by atoms with Crippen LogP contribution in [0.2, 0.25) is 0 Å². The second-order valence-corrected chi connectivity index (χ2v) is 4.61. The van der Waals surface area contributed by atoms with Crippen molar-refractivity contribution < 1.29 is 4.74 Å². The van der Waals surface area contributed by atoms with Crippen molar-refractivity contribution in [3.8, 4) is 0 Å². The van der Waals surface area contributed by atoms with Crippen molar-refractivity contribution in [2.75, 3.05) is 13.2 Å². The number of aryl methyl sites for hydroxylation is 1. The van der Waals surface area contributed by atoms with E-state index in [4.69, 9.17) is 4.74 Å². The van der Waals surface area contributed by atoms with Crippen LogP contribution in [0.5, 0.6) is 0 Å². The molecular formula is C12H21N3O. The first-order valence-electron chi connectivity index (χ1n) is 6.07. The van der Waals surface area contributed by atoms with Gasteiger partial charge in [0.15, 0.2) is 0 Å². The highest BCUT2D eigenvalue weighted by molar-refractivity contribution is 4.99. The molecule has 0 radical (unpaired) electrons. The van der Waals surface area contributed by atoms with Crippen molar-refractivity contribution in [3.05, 3.63) is 17.7 Å². The third-order valence-electron chi connectivity index (χ3n) is 3.34. The molecule has 0 amide bonds. The highest BCUT2D eigenvalue weighted by Crippen LogP contribution is 2.18. The number of aromatic nitrogens is 2. The first-order valence-corrected chi connectivity index (χ1v) is 6.07. The third-order valence-corrected chi connectivity index (χ3v) is 3.34. The number of rotatable bonds is 4. The van der Waals surface area contributed by atoms with Crippen LogP contribution in [0.15, 0.2) is 6.20 Å². The Labute approximate surface area is 96.8 Å². The first-order chi connectivity index (χ1) is 7.75. The fourth-order valence-corrected chi connectivity index (χ4v) is 2.21. The minimum Gasteiger partial charge on any atom is -0.381 e. The largest absolute Gasteiger partial charge is 0.381 e. The van der Waals surface area contributed by atoms with E-state index < -0.39 is 0 Å². The molecule has 0 bridgehead atoms. The summed E-state index contributed by atoms with van der Waals surface area (Å²) >= 11 is 0. The third kappa shape index (κ3) is 3.06. The van der Waals surface area contributed by atoms with Gasteiger partial charge in [-0.1, -0.05) is 0 Å². The Kier molecular flexibility index (Phi) is 3.96. The lowest BCUT2D eigenvalue weighted by Gasteiger charge is -2.28. The lowest BCUT2D eigenvalue weighted by molar-refractivity contribution is 0.0557. The van der Waals surface area contributed by atoms with Gasteiger partial charge in [-0.2, -0.15) is 0 Å². The second-order valence-electron chi connectivity index (χ2n) is 4.61. The molecule has 1 atom stereocenters. The Bertz CT molecular complexity index is 318. The number of aromatic amines is 1. The van der Waals surface area contributed by atoms with Crippen LogP contribution in [0.3, 0.4) is 0 Å². The number of nitrogens with zero attached hydrogens (tertiary/aromatic N) is 1. The Morgan fingerprint density at radius 3 is 2.94 bits per heavy atom. The van der Waals surface area contributed by atoms with Crippen LogP contribution >= 0.6 is 0 Å². The molecule has 0 aliphatic carbocycles. The molecule has 1 saturated heterocycles. The molecule has 1 aromatic rings. The lowest BCUT2D eigenvalue weighted by atomic mass is 9.93. The van der Waals surface area contributed by atoms with Crippen molar-refractivity contribution in [3.63, 3.8) is 0 Å². The Hall–Kier alpha value is -0.870. The van der Waals surface area contributed by atoms with Crippen molar-refractivity contribution >= 4 is 0 Å². The molecule has 4 nitrogen and oxygen atoms in total. The van der Waals surface area contributed by atoms with Crippen molar-refractivity contribution in [2.24, 2.45) is 5.92 Å². The van der Waals surface area contributed by atoms with Gasteiger partial charge in [-0.15, -0.1) is 0 Å². The fourth-order valence-electron chi connectivity index (χ4n) is 2.21. The van der Waals surface area contributed by atoms with E-state index in [1.54, 1.807) is 0 Å². The van der Waals surface area contributed by atoms with E-state index >= 15 is 0 Å². The number of nitrogens with one attached hydrogen (secondary N) is 2. The number of H-pyrrole nitrogens is 1. The number of hydrogen-bond acceptors (Lipinski definition) is 3. The van der Waals surface area contributed by atoms with E-state index in [0.717, 1.165) is 37.2 Å². The molecule has 4 heteroatoms. The van der Waals surface area contributed by atoms with Crippen LogP contribution in [-0.4, -0.2) is 29.2 Å². The summed E-state index contributed by atoms with van der Waals surface area (Å²) < 4.78 is 5.37. The van der Waals surface area contributed by atoms with Gasteiger partial charge in [-0.25, -0.2) is 4.98 Å². The summed E-state index contributed by atoms with van der Waals surface area (Å²) in [6, 6.07) is 0.549. The van der Waals surface area contributed by atoms with Crippen LogP contribution in [0.4, 0.5) is 0 Å². The molecule has 2 rings (SSSR count). The zero-order valence-corrected chi connectivity index (χ0v) is 10.1. The van der Waals surface area contributed by atoms with Gasteiger partial charge in [0.05, 0.1) is 0 Å². The maximum absolute atomic E-state index is 5.37. The van der Waals surface area contributed by atoms with Crippen molar-refractivity contribution in [1.29, 1.82) is 0 Å². The van der Waals surface area contributed by atoms with Crippen molar-refractivity contribution in [1.82, 2.24) is 15.3 Å². The van der Waals surface area contributed by atoms with Crippen LogP contribution in [0.25, 0.3) is 0 Å². The molecule has 0 saturated carbocycles. The summed E-state index contributed by atoms with van der Waals surface area (Å²) in [6.45, 7) is 6.95. The molecule has 1 fully saturated rings. The summed E-state index contributed by atoms with van der Waals surface area (Å²) in [4.78, 5) is 7.43. The summed E-state index contributed by atoms with van der Waals surface area (Å²) in [5.74, 6) is 1.73. The van der Waals surface area contributed by atoms with E-state index in [2.05, 4.69) is 22.2 Å². The van der Waals surface area contributed by atoms with E-state index in [0.29, 0.717) is 6.04 Å². The van der Waals surface area contributed by atoms with Gasteiger partial charge < -0.3 is 15.0 Å². The topological polar surface area (TPSA) is 49.9 Å². The van der Waals surface area contributed by atoms with Gasteiger partial charge in [-0.05, 0) is 32.6 Å². The van der Waals surface area contributed by atoms with Gasteiger partial charge in [-0.3, -0.25) is 0 Å². The highest BCUT2D eigenvalue weighted by Gasteiger charge is 2.19. The van der Waals surface area contributed by atoms with Gasteiger partial charge in [0.2, 0.25) is 0 Å². The smallest absolute Gasteiger partial charge is 0.103 e. The molecular weight excluding hydrogens is 202 g/mol. The number of ether oxygens (including phenoxy) is 1. The SMILES string of the molecule is Cc1ncc(CNC(C)C2CCOCC2)[nH]1. The minimum atomic E-state index is 0.549. The predicted octanol–water partition coefficient (Wildman–Crippen LogP) is 1.62. The maximum atomic E-state index is 5.37. The lowest BCUT2D eigenvalue weighted by Crippen LogP contribution is -2.36. The zero-order valence-electron chi connectivity index (χ0n) is 10.1. The van der Waals surface area contributed by atoms with E-state index in [9.17, 15) is 0 Å². The normalized spacial score (nSPS) is 19.9. The Morgan fingerprint density at radius 1 is 1.56 bits per heavy atom. The molecule has 0 aromatic carbocycles. The van der Waals surface area contributed by atoms with Gasteiger partial charge in [0.25, 0.3) is 0 Å². The van der Waals surface area contributed by atoms with Crippen LogP contribution in [0.1, 0.15) is 31.3 Å².